The molecule has 0 fully saturated rings. The largest absolute Gasteiger partial charge is 0.193 e. The Hall–Kier alpha value is -0.330. The van der Waals surface area contributed by atoms with E-state index in [4.69, 9.17) is 5.26 Å². The van der Waals surface area contributed by atoms with Crippen LogP contribution in [-0.4, -0.2) is 0 Å². The molecule has 0 unspecified atom stereocenters. The predicted octanol–water partition coefficient (Wildman–Crippen LogP) is 3.64. The summed E-state index contributed by atoms with van der Waals surface area (Å²) in [6, 6.07) is 1.95. The first-order valence-corrected chi connectivity index (χ1v) is 4.51. The van der Waals surface area contributed by atoms with Crippen LogP contribution < -0.4 is 0 Å². The second-order valence-electron chi connectivity index (χ2n) is 1.83. The van der Waals surface area contributed by atoms with Crippen LogP contribution in [-0.2, 0) is 0 Å². The molecule has 1 nitrogen and oxygen atoms in total. The first-order valence-electron chi connectivity index (χ1n) is 2.92. The van der Waals surface area contributed by atoms with Crippen molar-refractivity contribution >= 4 is 31.9 Å². The van der Waals surface area contributed by atoms with Gasteiger partial charge in [0.15, 0.2) is 0 Å². The van der Waals surface area contributed by atoms with Crippen molar-refractivity contribution in [3.63, 3.8) is 0 Å². The van der Waals surface area contributed by atoms with Crippen LogP contribution in [0.3, 0.4) is 0 Å². The van der Waals surface area contributed by atoms with Crippen molar-refractivity contribution in [1.29, 1.82) is 5.26 Å². The van der Waals surface area contributed by atoms with Crippen molar-refractivity contribution in [2.24, 2.45) is 0 Å². The van der Waals surface area contributed by atoms with Crippen LogP contribution in [0.15, 0.2) is 33.3 Å². The molecule has 3 heteroatoms. The molecule has 0 rings (SSSR count). The lowest BCUT2D eigenvalue weighted by Crippen LogP contribution is -1.63. The Bertz CT molecular complexity index is 239. The van der Waals surface area contributed by atoms with E-state index in [2.05, 4.69) is 31.9 Å². The maximum atomic E-state index is 8.25. The van der Waals surface area contributed by atoms with E-state index in [1.807, 2.05) is 31.2 Å². The molecule has 0 amide bonds. The number of nitriles is 1. The summed E-state index contributed by atoms with van der Waals surface area (Å²) in [5.74, 6) is 0. The molecule has 11 heavy (non-hydrogen) atoms. The highest BCUT2D eigenvalue weighted by Gasteiger charge is 1.78. The van der Waals surface area contributed by atoms with E-state index in [0.717, 1.165) is 8.96 Å². The average molecular weight is 277 g/mol. The van der Waals surface area contributed by atoms with Gasteiger partial charge >= 0.3 is 0 Å². The fraction of sp³-hybridized carbons (Fsp3) is 0.125. The van der Waals surface area contributed by atoms with E-state index in [1.54, 1.807) is 0 Å². The van der Waals surface area contributed by atoms with Crippen molar-refractivity contribution in [3.8, 4) is 6.07 Å². The summed E-state index contributed by atoms with van der Waals surface area (Å²) in [5, 5.41) is 8.25. The minimum Gasteiger partial charge on any atom is -0.193 e. The van der Waals surface area contributed by atoms with Crippen molar-refractivity contribution in [2.75, 3.05) is 0 Å². The Morgan fingerprint density at radius 2 is 2.09 bits per heavy atom. The van der Waals surface area contributed by atoms with Gasteiger partial charge in [0.2, 0.25) is 0 Å². The quantitative estimate of drug-likeness (QED) is 0.558. The third-order valence-corrected chi connectivity index (χ3v) is 1.40. The third-order valence-electron chi connectivity index (χ3n) is 0.874. The van der Waals surface area contributed by atoms with Crippen LogP contribution in [0.2, 0.25) is 0 Å². The lowest BCUT2D eigenvalue weighted by molar-refractivity contribution is 1.48. The van der Waals surface area contributed by atoms with Gasteiger partial charge in [0.05, 0.1) is 9.46 Å². The zero-order chi connectivity index (χ0) is 8.69. The van der Waals surface area contributed by atoms with Gasteiger partial charge < -0.3 is 0 Å². The van der Waals surface area contributed by atoms with Gasteiger partial charge in [-0.1, -0.05) is 12.2 Å². The molecule has 0 aromatic rings. The monoisotopic (exact) mass is 275 g/mol. The Kier molecular flexibility index (Phi) is 6.19. The summed E-state index contributed by atoms with van der Waals surface area (Å²) >= 11 is 6.41. The van der Waals surface area contributed by atoms with Crippen LogP contribution in [0, 0.1) is 11.3 Å². The van der Waals surface area contributed by atoms with Gasteiger partial charge in [0.25, 0.3) is 0 Å². The SMILES string of the molecule is CC(=C/C#N)/C=C/C=C(Br)Br. The molecule has 0 atom stereocenters. The van der Waals surface area contributed by atoms with Gasteiger partial charge in [-0.2, -0.15) is 5.26 Å². The van der Waals surface area contributed by atoms with Crippen molar-refractivity contribution in [1.82, 2.24) is 0 Å². The summed E-state index contributed by atoms with van der Waals surface area (Å²) in [6.45, 7) is 1.87. The van der Waals surface area contributed by atoms with Gasteiger partial charge in [-0.3, -0.25) is 0 Å². The molecule has 0 aromatic carbocycles. The second-order valence-corrected chi connectivity index (χ2v) is 4.61. The van der Waals surface area contributed by atoms with E-state index in [1.165, 1.54) is 6.08 Å². The van der Waals surface area contributed by atoms with Gasteiger partial charge in [0, 0.05) is 6.08 Å². The fourth-order valence-electron chi connectivity index (χ4n) is 0.423. The predicted molar refractivity (Wildman–Crippen MR) is 54.4 cm³/mol. The number of hydrogen-bond donors (Lipinski definition) is 0. The van der Waals surface area contributed by atoms with Crippen LogP contribution in [0.1, 0.15) is 6.92 Å². The number of rotatable bonds is 2. The molecule has 0 aromatic heterocycles. The molecule has 0 N–H and O–H groups in total. The standard InChI is InChI=1S/C8H7Br2N/c1-7(5-6-11)3-2-4-8(9)10/h2-5H,1H3/b3-2+,7-5-. The van der Waals surface area contributed by atoms with E-state index >= 15 is 0 Å². The Morgan fingerprint density at radius 3 is 2.55 bits per heavy atom. The first-order chi connectivity index (χ1) is 5.16. The summed E-state index contributed by atoms with van der Waals surface area (Å²) in [4.78, 5) is 0. The molecule has 0 aliphatic heterocycles. The molecule has 0 saturated heterocycles. The van der Waals surface area contributed by atoms with E-state index in [0.29, 0.717) is 0 Å². The molecule has 0 aliphatic rings. The third kappa shape index (κ3) is 7.57. The van der Waals surface area contributed by atoms with Crippen LogP contribution in [0.25, 0.3) is 0 Å². The lowest BCUT2D eigenvalue weighted by atomic mass is 10.2. The number of hydrogen-bond acceptors (Lipinski definition) is 1. The molecular formula is C8H7Br2N. The van der Waals surface area contributed by atoms with Gasteiger partial charge in [-0.25, -0.2) is 0 Å². The Morgan fingerprint density at radius 1 is 1.45 bits per heavy atom. The van der Waals surface area contributed by atoms with Gasteiger partial charge in [-0.15, -0.1) is 0 Å². The fourth-order valence-corrected chi connectivity index (χ4v) is 0.728. The molecule has 0 radical (unpaired) electrons. The molecular weight excluding hydrogens is 270 g/mol. The minimum absolute atomic E-state index is 0.881. The Labute approximate surface area is 83.4 Å². The number of allylic oxidation sites excluding steroid dienone is 5. The summed E-state index contributed by atoms with van der Waals surface area (Å²) < 4.78 is 0.881. The maximum Gasteiger partial charge on any atom is 0.0914 e. The highest BCUT2D eigenvalue weighted by Crippen LogP contribution is 2.12. The van der Waals surface area contributed by atoms with Crippen LogP contribution >= 0.6 is 31.9 Å². The first kappa shape index (κ1) is 10.7. The smallest absolute Gasteiger partial charge is 0.0914 e. The second kappa shape index (κ2) is 6.38. The lowest BCUT2D eigenvalue weighted by Gasteiger charge is -1.83. The molecule has 58 valence electrons. The summed E-state index contributed by atoms with van der Waals surface area (Å²) in [5.41, 5.74) is 0.935. The summed E-state index contributed by atoms with van der Waals surface area (Å²) in [7, 11) is 0. The molecule has 0 saturated carbocycles. The molecule has 0 bridgehead atoms. The summed E-state index contributed by atoms with van der Waals surface area (Å²) in [6.07, 6.45) is 7.04. The maximum absolute atomic E-state index is 8.25. The van der Waals surface area contributed by atoms with Crippen molar-refractivity contribution in [2.45, 2.75) is 6.92 Å². The number of nitrogens with zero attached hydrogens (tertiary/aromatic N) is 1. The zero-order valence-electron chi connectivity index (χ0n) is 6.01. The molecule has 0 aliphatic carbocycles. The zero-order valence-corrected chi connectivity index (χ0v) is 9.18. The van der Waals surface area contributed by atoms with E-state index in [-0.39, 0.29) is 0 Å². The van der Waals surface area contributed by atoms with E-state index in [9.17, 15) is 0 Å². The molecule has 0 heterocycles. The average Bonchev–Trinajstić information content (AvgIpc) is 1.87. The number of halogens is 2. The highest BCUT2D eigenvalue weighted by atomic mass is 79.9. The van der Waals surface area contributed by atoms with Gasteiger partial charge in [0.1, 0.15) is 0 Å². The highest BCUT2D eigenvalue weighted by molar-refractivity contribution is 9.28. The Balaban J connectivity index is 4.07. The van der Waals surface area contributed by atoms with Crippen LogP contribution in [0.4, 0.5) is 0 Å². The normalized spacial score (nSPS) is 11.3. The minimum atomic E-state index is 0.881. The van der Waals surface area contributed by atoms with Crippen molar-refractivity contribution in [3.05, 3.63) is 33.3 Å². The van der Waals surface area contributed by atoms with E-state index < -0.39 is 0 Å². The molecule has 0 spiro atoms. The topological polar surface area (TPSA) is 23.8 Å². The van der Waals surface area contributed by atoms with Crippen molar-refractivity contribution < 1.29 is 0 Å². The van der Waals surface area contributed by atoms with Gasteiger partial charge in [-0.05, 0) is 50.4 Å². The van der Waals surface area contributed by atoms with Crippen LogP contribution in [0.5, 0.6) is 0 Å².